The minimum atomic E-state index is -0.217. The Balaban J connectivity index is 1.43. The van der Waals surface area contributed by atoms with E-state index in [1.165, 1.54) is 6.07 Å². The lowest BCUT2D eigenvalue weighted by atomic mass is 10.1. The monoisotopic (exact) mass is 454 g/mol. The molecule has 31 heavy (non-hydrogen) atoms. The van der Waals surface area contributed by atoms with E-state index in [1.807, 2.05) is 30.3 Å². The molecule has 0 unspecified atom stereocenters. The van der Waals surface area contributed by atoms with Gasteiger partial charge in [0.1, 0.15) is 11.6 Å². The minimum absolute atomic E-state index is 0.217. The summed E-state index contributed by atoms with van der Waals surface area (Å²) < 4.78 is 0. The predicted molar refractivity (Wildman–Crippen MR) is 126 cm³/mol. The van der Waals surface area contributed by atoms with Gasteiger partial charge in [-0.3, -0.25) is 4.79 Å². The van der Waals surface area contributed by atoms with Crippen LogP contribution in [0.3, 0.4) is 0 Å². The molecule has 0 amide bonds. The Morgan fingerprint density at radius 1 is 0.903 bits per heavy atom. The number of H-pyrrole nitrogens is 1. The first-order valence-electron chi connectivity index (χ1n) is 9.86. The molecule has 2 aromatic carbocycles. The van der Waals surface area contributed by atoms with E-state index >= 15 is 0 Å². The van der Waals surface area contributed by atoms with Crippen molar-refractivity contribution in [1.29, 1.82) is 0 Å². The van der Waals surface area contributed by atoms with Gasteiger partial charge in [0, 0.05) is 35.1 Å². The molecule has 0 saturated heterocycles. The number of hydrogen-bond donors (Lipinski definition) is 3. The minimum Gasteiger partial charge on any atom is -0.369 e. The van der Waals surface area contributed by atoms with Crippen molar-refractivity contribution in [3.8, 4) is 11.4 Å². The van der Waals surface area contributed by atoms with Crippen LogP contribution in [-0.2, 0) is 0 Å². The molecule has 3 N–H and O–H groups in total. The predicted octanol–water partition coefficient (Wildman–Crippen LogP) is 4.99. The summed E-state index contributed by atoms with van der Waals surface area (Å²) >= 11 is 12.4. The van der Waals surface area contributed by atoms with Crippen molar-refractivity contribution < 1.29 is 0 Å². The number of nitrogens with one attached hydrogen (secondary N) is 3. The van der Waals surface area contributed by atoms with Gasteiger partial charge in [0.05, 0.1) is 10.5 Å². The molecule has 158 valence electrons. The Bertz CT molecular complexity index is 1240. The summed E-state index contributed by atoms with van der Waals surface area (Å²) in [6.07, 6.45) is 1.85. The van der Waals surface area contributed by atoms with E-state index in [2.05, 4.69) is 25.8 Å². The maximum absolute atomic E-state index is 11.0. The molecule has 0 aliphatic rings. The van der Waals surface area contributed by atoms with Crippen LogP contribution in [0.25, 0.3) is 22.3 Å². The van der Waals surface area contributed by atoms with Crippen molar-refractivity contribution in [2.75, 3.05) is 23.7 Å². The third-order valence-electron chi connectivity index (χ3n) is 4.66. The van der Waals surface area contributed by atoms with Crippen molar-refractivity contribution in [2.45, 2.75) is 12.8 Å². The Labute approximate surface area is 188 Å². The van der Waals surface area contributed by atoms with E-state index in [1.54, 1.807) is 18.2 Å². The van der Waals surface area contributed by atoms with Crippen LogP contribution < -0.4 is 16.2 Å². The molecule has 0 aliphatic carbocycles. The van der Waals surface area contributed by atoms with Crippen LogP contribution in [0.2, 0.25) is 10.0 Å². The van der Waals surface area contributed by atoms with E-state index < -0.39 is 0 Å². The van der Waals surface area contributed by atoms with Gasteiger partial charge in [-0.2, -0.15) is 5.10 Å². The Kier molecular flexibility index (Phi) is 6.64. The van der Waals surface area contributed by atoms with E-state index in [4.69, 9.17) is 28.2 Å². The second kappa shape index (κ2) is 9.76. The Hall–Kier alpha value is -3.16. The van der Waals surface area contributed by atoms with Crippen molar-refractivity contribution >= 4 is 45.7 Å². The van der Waals surface area contributed by atoms with Crippen LogP contribution >= 0.6 is 23.2 Å². The molecular formula is C22H20Cl2N6O. The molecule has 0 radical (unpaired) electrons. The summed E-state index contributed by atoms with van der Waals surface area (Å²) in [5.41, 5.74) is 1.36. The van der Waals surface area contributed by atoms with Gasteiger partial charge < -0.3 is 10.6 Å². The number of benzene rings is 2. The zero-order valence-electron chi connectivity index (χ0n) is 16.5. The molecule has 4 rings (SSSR count). The highest BCUT2D eigenvalue weighted by Crippen LogP contribution is 2.31. The summed E-state index contributed by atoms with van der Waals surface area (Å²) in [5.74, 6) is 1.97. The summed E-state index contributed by atoms with van der Waals surface area (Å²) in [6.45, 7) is 1.49. The fraction of sp³-hybridized carbons (Fsp3) is 0.182. The van der Waals surface area contributed by atoms with Crippen LogP contribution in [-0.4, -0.2) is 33.3 Å². The molecule has 9 heteroatoms. The number of fused-ring (bicyclic) bond motifs is 1. The van der Waals surface area contributed by atoms with Gasteiger partial charge in [-0.1, -0.05) is 35.3 Å². The zero-order valence-corrected chi connectivity index (χ0v) is 18.0. The van der Waals surface area contributed by atoms with Crippen LogP contribution in [0, 0.1) is 0 Å². The largest absolute Gasteiger partial charge is 0.369 e. The lowest BCUT2D eigenvalue weighted by molar-refractivity contribution is 0.789. The number of aromatic nitrogens is 4. The molecule has 2 aromatic heterocycles. The van der Waals surface area contributed by atoms with Crippen molar-refractivity contribution in [3.63, 3.8) is 0 Å². The topological polar surface area (TPSA) is 95.6 Å². The zero-order chi connectivity index (χ0) is 21.6. The molecule has 2 heterocycles. The van der Waals surface area contributed by atoms with Gasteiger partial charge in [0.2, 0.25) is 0 Å². The SMILES string of the molecule is O=c1ccc(NCCCCNc2nc(-c3ccc(Cl)cc3Cl)nc3ccccc23)n[nH]1. The molecule has 0 aliphatic heterocycles. The smallest absolute Gasteiger partial charge is 0.264 e. The fourth-order valence-corrected chi connectivity index (χ4v) is 3.61. The number of para-hydroxylation sites is 1. The standard InChI is InChI=1S/C22H20Cl2N6O/c23-14-7-8-15(17(24)13-14)22-27-18-6-2-1-5-16(18)21(28-22)26-12-4-3-11-25-19-9-10-20(31)30-29-19/h1-2,5-10,13H,3-4,11-12H2,(H,25,29)(H,30,31)(H,26,27,28). The van der Waals surface area contributed by atoms with Gasteiger partial charge in [0.25, 0.3) is 5.56 Å². The van der Waals surface area contributed by atoms with Gasteiger partial charge in [0.15, 0.2) is 5.82 Å². The van der Waals surface area contributed by atoms with Crippen molar-refractivity contribution in [3.05, 3.63) is 75.0 Å². The number of unbranched alkanes of at least 4 members (excludes halogenated alkanes) is 1. The molecular weight excluding hydrogens is 435 g/mol. The number of nitrogens with zero attached hydrogens (tertiary/aromatic N) is 3. The number of hydrogen-bond acceptors (Lipinski definition) is 6. The number of anilines is 2. The van der Waals surface area contributed by atoms with E-state index in [-0.39, 0.29) is 5.56 Å². The van der Waals surface area contributed by atoms with Gasteiger partial charge >= 0.3 is 0 Å². The highest BCUT2D eigenvalue weighted by atomic mass is 35.5. The number of aromatic amines is 1. The van der Waals surface area contributed by atoms with E-state index in [0.717, 1.165) is 48.2 Å². The second-order valence-electron chi connectivity index (χ2n) is 6.90. The van der Waals surface area contributed by atoms with E-state index in [0.29, 0.717) is 21.7 Å². The second-order valence-corrected chi connectivity index (χ2v) is 7.75. The van der Waals surface area contributed by atoms with E-state index in [9.17, 15) is 4.79 Å². The maximum Gasteiger partial charge on any atom is 0.264 e. The molecule has 0 atom stereocenters. The summed E-state index contributed by atoms with van der Waals surface area (Å²) in [7, 11) is 0. The summed E-state index contributed by atoms with van der Waals surface area (Å²) in [4.78, 5) is 20.4. The quantitative estimate of drug-likeness (QED) is 0.324. The van der Waals surface area contributed by atoms with Crippen LogP contribution in [0.1, 0.15) is 12.8 Å². The van der Waals surface area contributed by atoms with Crippen LogP contribution in [0.15, 0.2) is 59.4 Å². The molecule has 0 fully saturated rings. The molecule has 0 spiro atoms. The van der Waals surface area contributed by atoms with Crippen molar-refractivity contribution in [2.24, 2.45) is 0 Å². The van der Waals surface area contributed by atoms with Gasteiger partial charge in [-0.25, -0.2) is 15.1 Å². The highest BCUT2D eigenvalue weighted by molar-refractivity contribution is 6.36. The van der Waals surface area contributed by atoms with Gasteiger partial charge in [-0.15, -0.1) is 0 Å². The highest BCUT2D eigenvalue weighted by Gasteiger charge is 2.12. The average molecular weight is 455 g/mol. The third kappa shape index (κ3) is 5.31. The molecule has 7 nitrogen and oxygen atoms in total. The van der Waals surface area contributed by atoms with Crippen molar-refractivity contribution in [1.82, 2.24) is 20.2 Å². The molecule has 0 saturated carbocycles. The lowest BCUT2D eigenvalue weighted by Gasteiger charge is -2.12. The number of halogens is 2. The van der Waals surface area contributed by atoms with Gasteiger partial charge in [-0.05, 0) is 49.2 Å². The third-order valence-corrected chi connectivity index (χ3v) is 5.20. The number of rotatable bonds is 8. The van der Waals surface area contributed by atoms with Crippen LogP contribution in [0.4, 0.5) is 11.6 Å². The molecule has 0 bridgehead atoms. The first kappa shape index (κ1) is 21.1. The summed E-state index contributed by atoms with van der Waals surface area (Å²) in [5, 5.41) is 15.0. The summed E-state index contributed by atoms with van der Waals surface area (Å²) in [6, 6.07) is 16.3. The Morgan fingerprint density at radius 2 is 1.71 bits per heavy atom. The lowest BCUT2D eigenvalue weighted by Crippen LogP contribution is -2.11. The van der Waals surface area contributed by atoms with Crippen LogP contribution in [0.5, 0.6) is 0 Å². The Morgan fingerprint density at radius 3 is 2.48 bits per heavy atom. The molecule has 4 aromatic rings. The first-order chi connectivity index (χ1) is 15.1. The normalized spacial score (nSPS) is 10.9. The maximum atomic E-state index is 11.0. The first-order valence-corrected chi connectivity index (χ1v) is 10.6. The average Bonchev–Trinajstić information content (AvgIpc) is 2.77. The fourth-order valence-electron chi connectivity index (χ4n) is 3.12.